The Morgan fingerprint density at radius 3 is 2.36 bits per heavy atom. The summed E-state index contributed by atoms with van der Waals surface area (Å²) in [7, 11) is 0. The standard InChI is InChI=1S/C18H23N7O3/c1-13-11-14(2)25(21-13)16-4-3-15(19-20-16)22-5-7-23(8-6-22)17(26)12-24-9-10-28-18(24)27/h3-4,11H,5-10,12H2,1-2H3. The number of ether oxygens (including phenoxy) is 1. The van der Waals surface area contributed by atoms with Gasteiger partial charge in [-0.05, 0) is 32.0 Å². The lowest BCUT2D eigenvalue weighted by Crippen LogP contribution is -2.51. The van der Waals surface area contributed by atoms with Crippen molar-refractivity contribution in [3.05, 3.63) is 29.6 Å². The first-order valence-corrected chi connectivity index (χ1v) is 9.33. The van der Waals surface area contributed by atoms with Gasteiger partial charge in [0.15, 0.2) is 11.6 Å². The monoisotopic (exact) mass is 385 g/mol. The average molecular weight is 385 g/mol. The quantitative estimate of drug-likeness (QED) is 0.751. The zero-order valence-electron chi connectivity index (χ0n) is 16.0. The molecule has 10 nitrogen and oxygen atoms in total. The summed E-state index contributed by atoms with van der Waals surface area (Å²) in [6.45, 7) is 7.34. The first kappa shape index (κ1) is 18.2. The Morgan fingerprint density at radius 2 is 1.79 bits per heavy atom. The molecule has 4 heterocycles. The largest absolute Gasteiger partial charge is 0.448 e. The Labute approximate surface area is 162 Å². The molecule has 4 rings (SSSR count). The fourth-order valence-electron chi connectivity index (χ4n) is 3.48. The number of hydrogen-bond donors (Lipinski definition) is 0. The molecule has 28 heavy (non-hydrogen) atoms. The van der Waals surface area contributed by atoms with Crippen molar-refractivity contribution in [1.29, 1.82) is 0 Å². The number of nitrogens with zero attached hydrogens (tertiary/aromatic N) is 7. The number of anilines is 1. The van der Waals surface area contributed by atoms with Crippen molar-refractivity contribution in [1.82, 2.24) is 29.8 Å². The van der Waals surface area contributed by atoms with Gasteiger partial charge in [0.25, 0.3) is 0 Å². The molecule has 10 heteroatoms. The van der Waals surface area contributed by atoms with Crippen LogP contribution in [0.15, 0.2) is 18.2 Å². The van der Waals surface area contributed by atoms with Crippen LogP contribution in [0, 0.1) is 13.8 Å². The molecule has 0 radical (unpaired) electrons. The number of cyclic esters (lactones) is 1. The van der Waals surface area contributed by atoms with Gasteiger partial charge in [-0.15, -0.1) is 10.2 Å². The second-order valence-electron chi connectivity index (χ2n) is 6.99. The van der Waals surface area contributed by atoms with Gasteiger partial charge >= 0.3 is 6.09 Å². The third-order valence-corrected chi connectivity index (χ3v) is 4.99. The van der Waals surface area contributed by atoms with Crippen LogP contribution < -0.4 is 4.90 Å². The van der Waals surface area contributed by atoms with Crippen molar-refractivity contribution >= 4 is 17.8 Å². The van der Waals surface area contributed by atoms with Gasteiger partial charge in [0.1, 0.15) is 13.2 Å². The van der Waals surface area contributed by atoms with Crippen LogP contribution in [-0.2, 0) is 9.53 Å². The topological polar surface area (TPSA) is 96.7 Å². The molecule has 148 valence electrons. The van der Waals surface area contributed by atoms with Gasteiger partial charge in [0.2, 0.25) is 5.91 Å². The number of aryl methyl sites for hydroxylation is 2. The maximum atomic E-state index is 12.4. The normalized spacial score (nSPS) is 17.2. The minimum Gasteiger partial charge on any atom is -0.448 e. The van der Waals surface area contributed by atoms with E-state index in [1.165, 1.54) is 4.90 Å². The van der Waals surface area contributed by atoms with E-state index in [0.717, 1.165) is 17.2 Å². The van der Waals surface area contributed by atoms with Gasteiger partial charge < -0.3 is 14.5 Å². The zero-order chi connectivity index (χ0) is 19.7. The lowest BCUT2D eigenvalue weighted by atomic mass is 10.3. The molecule has 0 N–H and O–H groups in total. The van der Waals surface area contributed by atoms with E-state index in [1.54, 1.807) is 9.58 Å². The molecule has 0 unspecified atom stereocenters. The Kier molecular flexibility index (Phi) is 4.84. The van der Waals surface area contributed by atoms with Crippen LogP contribution in [0.1, 0.15) is 11.4 Å². The maximum absolute atomic E-state index is 12.4. The van der Waals surface area contributed by atoms with E-state index >= 15 is 0 Å². The number of amides is 2. The molecule has 0 bridgehead atoms. The maximum Gasteiger partial charge on any atom is 0.410 e. The zero-order valence-corrected chi connectivity index (χ0v) is 16.0. The summed E-state index contributed by atoms with van der Waals surface area (Å²) in [5, 5.41) is 13.1. The highest BCUT2D eigenvalue weighted by Crippen LogP contribution is 2.16. The number of rotatable bonds is 4. The highest BCUT2D eigenvalue weighted by atomic mass is 16.6. The van der Waals surface area contributed by atoms with E-state index in [-0.39, 0.29) is 12.5 Å². The van der Waals surface area contributed by atoms with Crippen molar-refractivity contribution < 1.29 is 14.3 Å². The molecule has 2 aromatic rings. The van der Waals surface area contributed by atoms with Crippen molar-refractivity contribution in [2.45, 2.75) is 13.8 Å². The van der Waals surface area contributed by atoms with Crippen molar-refractivity contribution in [2.75, 3.05) is 50.8 Å². The second-order valence-corrected chi connectivity index (χ2v) is 6.99. The summed E-state index contributed by atoms with van der Waals surface area (Å²) in [6, 6.07) is 5.82. The van der Waals surface area contributed by atoms with Crippen LogP contribution in [-0.4, -0.2) is 87.7 Å². The lowest BCUT2D eigenvalue weighted by Gasteiger charge is -2.35. The second kappa shape index (κ2) is 7.45. The molecule has 2 aliphatic rings. The SMILES string of the molecule is Cc1cc(C)n(-c2ccc(N3CCN(C(=O)CN4CCOC4=O)CC3)nn2)n1. The van der Waals surface area contributed by atoms with E-state index in [9.17, 15) is 9.59 Å². The molecule has 2 amide bonds. The smallest absolute Gasteiger partial charge is 0.410 e. The van der Waals surface area contributed by atoms with E-state index in [2.05, 4.69) is 20.2 Å². The van der Waals surface area contributed by atoms with Crippen LogP contribution in [0.2, 0.25) is 0 Å². The van der Waals surface area contributed by atoms with Crippen LogP contribution in [0.5, 0.6) is 0 Å². The first-order chi connectivity index (χ1) is 13.5. The molecule has 2 saturated heterocycles. The highest BCUT2D eigenvalue weighted by Gasteiger charge is 2.28. The molecule has 0 saturated carbocycles. The summed E-state index contributed by atoms with van der Waals surface area (Å²) in [6.07, 6.45) is -0.412. The van der Waals surface area contributed by atoms with Crippen molar-refractivity contribution in [3.8, 4) is 5.82 Å². The van der Waals surface area contributed by atoms with Gasteiger partial charge in [-0.1, -0.05) is 0 Å². The van der Waals surface area contributed by atoms with Gasteiger partial charge in [-0.25, -0.2) is 9.48 Å². The summed E-state index contributed by atoms with van der Waals surface area (Å²) in [4.78, 5) is 29.2. The summed E-state index contributed by atoms with van der Waals surface area (Å²) < 4.78 is 6.64. The van der Waals surface area contributed by atoms with Crippen LogP contribution in [0.25, 0.3) is 5.82 Å². The van der Waals surface area contributed by atoms with Gasteiger partial charge in [-0.3, -0.25) is 9.69 Å². The predicted octanol–water partition coefficient (Wildman–Crippen LogP) is 0.380. The fourth-order valence-corrected chi connectivity index (χ4v) is 3.48. The van der Waals surface area contributed by atoms with Crippen molar-refractivity contribution in [2.24, 2.45) is 0 Å². The molecular weight excluding hydrogens is 362 g/mol. The Balaban J connectivity index is 1.34. The van der Waals surface area contributed by atoms with Crippen LogP contribution in [0.4, 0.5) is 10.6 Å². The lowest BCUT2D eigenvalue weighted by molar-refractivity contribution is -0.132. The highest BCUT2D eigenvalue weighted by molar-refractivity contribution is 5.83. The minimum absolute atomic E-state index is 0.0514. The molecule has 2 fully saturated rings. The summed E-state index contributed by atoms with van der Waals surface area (Å²) >= 11 is 0. The minimum atomic E-state index is -0.412. The van der Waals surface area contributed by atoms with E-state index in [0.29, 0.717) is 45.1 Å². The first-order valence-electron chi connectivity index (χ1n) is 9.33. The average Bonchev–Trinajstić information content (AvgIpc) is 3.26. The van der Waals surface area contributed by atoms with E-state index < -0.39 is 6.09 Å². The molecule has 0 aliphatic carbocycles. The number of carbonyl (C=O) groups is 2. The molecule has 0 spiro atoms. The molecule has 0 atom stereocenters. The van der Waals surface area contributed by atoms with Gasteiger partial charge in [0, 0.05) is 31.9 Å². The fraction of sp³-hybridized carbons (Fsp3) is 0.500. The Hall–Kier alpha value is -3.17. The van der Waals surface area contributed by atoms with Crippen LogP contribution in [0.3, 0.4) is 0 Å². The Morgan fingerprint density at radius 1 is 1.07 bits per heavy atom. The number of hydrogen-bond acceptors (Lipinski definition) is 7. The van der Waals surface area contributed by atoms with Gasteiger partial charge in [0.05, 0.1) is 12.2 Å². The third kappa shape index (κ3) is 3.62. The van der Waals surface area contributed by atoms with Gasteiger partial charge in [-0.2, -0.15) is 5.10 Å². The molecule has 0 aromatic carbocycles. The number of carbonyl (C=O) groups excluding carboxylic acids is 2. The summed E-state index contributed by atoms with van der Waals surface area (Å²) in [5.41, 5.74) is 1.94. The van der Waals surface area contributed by atoms with Crippen LogP contribution >= 0.6 is 0 Å². The molecule has 2 aliphatic heterocycles. The predicted molar refractivity (Wildman–Crippen MR) is 100 cm³/mol. The number of piperazine rings is 1. The Bertz CT molecular complexity index is 872. The van der Waals surface area contributed by atoms with Crippen molar-refractivity contribution in [3.63, 3.8) is 0 Å². The third-order valence-electron chi connectivity index (χ3n) is 4.99. The van der Waals surface area contributed by atoms with E-state index in [1.807, 2.05) is 32.0 Å². The number of aromatic nitrogens is 4. The molecular formula is C18H23N7O3. The summed E-state index contributed by atoms with van der Waals surface area (Å²) in [5.74, 6) is 1.41. The molecule has 2 aromatic heterocycles. The van der Waals surface area contributed by atoms with E-state index in [4.69, 9.17) is 4.74 Å².